The first-order valence-electron chi connectivity index (χ1n) is 11.5. The van der Waals surface area contributed by atoms with Gasteiger partial charge in [0.05, 0.1) is 0 Å². The summed E-state index contributed by atoms with van der Waals surface area (Å²) in [6, 6.07) is 0. The summed E-state index contributed by atoms with van der Waals surface area (Å²) in [6.07, 6.45) is 6.00. The van der Waals surface area contributed by atoms with Gasteiger partial charge in [-0.05, 0) is 72.4 Å². The zero-order valence-electron chi connectivity index (χ0n) is 19.4. The Morgan fingerprint density at radius 1 is 1.14 bits per heavy atom. The summed E-state index contributed by atoms with van der Waals surface area (Å²) >= 11 is 0. The third-order valence-corrected chi connectivity index (χ3v) is 5.80. The molecular weight excluding hydrogens is 366 g/mol. The van der Waals surface area contributed by atoms with Crippen molar-refractivity contribution >= 4 is 12.1 Å². The molecule has 0 aromatic carbocycles. The van der Waals surface area contributed by atoms with Crippen LogP contribution in [0.4, 0.5) is 4.79 Å². The Kier molecular flexibility index (Phi) is 9.53. The summed E-state index contributed by atoms with van der Waals surface area (Å²) in [5, 5.41) is 3.55. The highest BCUT2D eigenvalue weighted by Crippen LogP contribution is 2.20. The number of ether oxygens (including phenoxy) is 1. The van der Waals surface area contributed by atoms with Gasteiger partial charge in [-0.2, -0.15) is 0 Å². The van der Waals surface area contributed by atoms with E-state index in [1.807, 2.05) is 39.6 Å². The van der Waals surface area contributed by atoms with Gasteiger partial charge in [0.15, 0.2) is 5.96 Å². The zero-order valence-corrected chi connectivity index (χ0v) is 19.4. The molecule has 1 N–H and O–H groups in total. The van der Waals surface area contributed by atoms with E-state index in [4.69, 9.17) is 4.74 Å². The lowest BCUT2D eigenvalue weighted by Crippen LogP contribution is -2.49. The number of carbonyl (C=O) groups is 1. The number of likely N-dealkylation sites (tertiary alicyclic amines) is 2. The quantitative estimate of drug-likeness (QED) is 0.540. The van der Waals surface area contributed by atoms with Crippen molar-refractivity contribution in [3.05, 3.63) is 0 Å². The van der Waals surface area contributed by atoms with E-state index in [0.29, 0.717) is 12.5 Å². The van der Waals surface area contributed by atoms with Gasteiger partial charge < -0.3 is 24.8 Å². The Morgan fingerprint density at radius 2 is 1.79 bits per heavy atom. The Hall–Kier alpha value is -1.50. The summed E-state index contributed by atoms with van der Waals surface area (Å²) in [4.78, 5) is 23.6. The van der Waals surface area contributed by atoms with Crippen molar-refractivity contribution < 1.29 is 9.53 Å². The van der Waals surface area contributed by atoms with Crippen LogP contribution in [0.5, 0.6) is 0 Å². The minimum atomic E-state index is -0.444. The highest BCUT2D eigenvalue weighted by Gasteiger charge is 2.27. The fraction of sp³-hybridized carbons (Fsp3) is 0.909. The van der Waals surface area contributed by atoms with Gasteiger partial charge in [-0.15, -0.1) is 0 Å². The molecule has 0 aromatic rings. The second kappa shape index (κ2) is 11.6. The maximum atomic E-state index is 12.4. The monoisotopic (exact) mass is 409 g/mol. The molecule has 29 heavy (non-hydrogen) atoms. The van der Waals surface area contributed by atoms with E-state index in [9.17, 15) is 4.79 Å². The number of piperidine rings is 2. The van der Waals surface area contributed by atoms with Crippen LogP contribution in [0.25, 0.3) is 0 Å². The molecular formula is C22H43N5O2. The van der Waals surface area contributed by atoms with Crippen molar-refractivity contribution in [2.24, 2.45) is 10.9 Å². The molecule has 0 aliphatic carbocycles. The molecule has 2 aliphatic heterocycles. The lowest BCUT2D eigenvalue weighted by Gasteiger charge is -2.36. The van der Waals surface area contributed by atoms with Crippen LogP contribution in [-0.4, -0.2) is 91.8 Å². The van der Waals surface area contributed by atoms with Gasteiger partial charge in [0.2, 0.25) is 0 Å². The number of rotatable bonds is 6. The van der Waals surface area contributed by atoms with Crippen molar-refractivity contribution in [3.63, 3.8) is 0 Å². The zero-order chi connectivity index (χ0) is 21.3. The maximum Gasteiger partial charge on any atom is 0.410 e. The molecule has 0 spiro atoms. The SMILES string of the molecule is CCN(CC1CCN(C(=NC)NCCN2CCCCC2)CC1)C(=O)OC(C)(C)C. The normalized spacial score (nSPS) is 19.9. The highest BCUT2D eigenvalue weighted by molar-refractivity contribution is 5.79. The molecule has 168 valence electrons. The number of hydrogen-bond acceptors (Lipinski definition) is 4. The largest absolute Gasteiger partial charge is 0.444 e. The molecule has 0 bridgehead atoms. The average Bonchev–Trinajstić information content (AvgIpc) is 2.69. The number of nitrogens with zero attached hydrogens (tertiary/aromatic N) is 4. The molecule has 2 fully saturated rings. The average molecular weight is 410 g/mol. The summed E-state index contributed by atoms with van der Waals surface area (Å²) < 4.78 is 5.55. The molecule has 0 unspecified atom stereocenters. The van der Waals surface area contributed by atoms with Gasteiger partial charge in [-0.1, -0.05) is 6.42 Å². The molecule has 0 aromatic heterocycles. The number of carbonyl (C=O) groups excluding carboxylic acids is 1. The van der Waals surface area contributed by atoms with Crippen molar-refractivity contribution in [1.29, 1.82) is 0 Å². The van der Waals surface area contributed by atoms with E-state index >= 15 is 0 Å². The van der Waals surface area contributed by atoms with Crippen molar-refractivity contribution in [1.82, 2.24) is 20.0 Å². The number of guanidine groups is 1. The topological polar surface area (TPSA) is 60.4 Å². The number of nitrogens with one attached hydrogen (secondary N) is 1. The summed E-state index contributed by atoms with van der Waals surface area (Å²) in [7, 11) is 1.87. The van der Waals surface area contributed by atoms with Crippen LogP contribution in [0.1, 0.15) is 59.8 Å². The van der Waals surface area contributed by atoms with Gasteiger partial charge >= 0.3 is 6.09 Å². The van der Waals surface area contributed by atoms with E-state index in [0.717, 1.165) is 51.5 Å². The second-order valence-electron chi connectivity index (χ2n) is 9.33. The number of amides is 1. The molecule has 0 atom stereocenters. The lowest BCUT2D eigenvalue weighted by atomic mass is 9.96. The van der Waals surface area contributed by atoms with Gasteiger partial charge in [0, 0.05) is 46.3 Å². The first kappa shape index (κ1) is 23.8. The van der Waals surface area contributed by atoms with Gasteiger partial charge in [-0.25, -0.2) is 4.79 Å². The smallest absolute Gasteiger partial charge is 0.410 e. The van der Waals surface area contributed by atoms with Crippen LogP contribution in [0.2, 0.25) is 0 Å². The van der Waals surface area contributed by atoms with E-state index in [2.05, 4.69) is 20.1 Å². The standard InChI is InChI=1S/C22H43N5O2/c1-6-26(21(28)29-22(2,3)4)18-19-10-15-27(16-11-19)20(23-5)24-12-17-25-13-8-7-9-14-25/h19H,6-18H2,1-5H3,(H,23,24). The molecule has 0 saturated carbocycles. The van der Waals surface area contributed by atoms with Crippen LogP contribution in [-0.2, 0) is 4.74 Å². The molecule has 1 amide bonds. The van der Waals surface area contributed by atoms with Crippen LogP contribution < -0.4 is 5.32 Å². The Bertz CT molecular complexity index is 518. The maximum absolute atomic E-state index is 12.4. The lowest BCUT2D eigenvalue weighted by molar-refractivity contribution is 0.0214. The van der Waals surface area contributed by atoms with Gasteiger partial charge in [0.1, 0.15) is 5.60 Å². The first-order valence-corrected chi connectivity index (χ1v) is 11.5. The molecule has 2 rings (SSSR count). The molecule has 2 heterocycles. The minimum Gasteiger partial charge on any atom is -0.444 e. The van der Waals surface area contributed by atoms with Crippen molar-refractivity contribution in [2.75, 3.05) is 59.4 Å². The predicted molar refractivity (Wildman–Crippen MR) is 119 cm³/mol. The molecule has 7 heteroatoms. The Morgan fingerprint density at radius 3 is 2.34 bits per heavy atom. The second-order valence-corrected chi connectivity index (χ2v) is 9.33. The predicted octanol–water partition coefficient (Wildman–Crippen LogP) is 3.02. The fourth-order valence-electron chi connectivity index (χ4n) is 4.14. The van der Waals surface area contributed by atoms with Crippen molar-refractivity contribution in [2.45, 2.75) is 65.4 Å². The summed E-state index contributed by atoms with van der Waals surface area (Å²) in [6.45, 7) is 15.7. The van der Waals surface area contributed by atoms with E-state index in [1.54, 1.807) is 0 Å². The summed E-state index contributed by atoms with van der Waals surface area (Å²) in [5.74, 6) is 1.53. The first-order chi connectivity index (χ1) is 13.8. The van der Waals surface area contributed by atoms with Crippen molar-refractivity contribution in [3.8, 4) is 0 Å². The number of aliphatic imine (C=N–C) groups is 1. The third kappa shape index (κ3) is 8.41. The van der Waals surface area contributed by atoms with Crippen LogP contribution in [0.3, 0.4) is 0 Å². The molecule has 7 nitrogen and oxygen atoms in total. The highest BCUT2D eigenvalue weighted by atomic mass is 16.6. The van der Waals surface area contributed by atoms with Crippen LogP contribution in [0.15, 0.2) is 4.99 Å². The molecule has 2 aliphatic rings. The van der Waals surface area contributed by atoms with Crippen LogP contribution in [0, 0.1) is 5.92 Å². The third-order valence-electron chi connectivity index (χ3n) is 5.80. The van der Waals surface area contributed by atoms with Gasteiger partial charge in [0.25, 0.3) is 0 Å². The fourth-order valence-corrected chi connectivity index (χ4v) is 4.14. The number of hydrogen-bond donors (Lipinski definition) is 1. The van der Waals surface area contributed by atoms with E-state index in [-0.39, 0.29) is 6.09 Å². The van der Waals surface area contributed by atoms with E-state index in [1.165, 1.54) is 32.4 Å². The van der Waals surface area contributed by atoms with E-state index < -0.39 is 5.60 Å². The molecule has 2 saturated heterocycles. The summed E-state index contributed by atoms with van der Waals surface area (Å²) in [5.41, 5.74) is -0.444. The van der Waals surface area contributed by atoms with Crippen LogP contribution >= 0.6 is 0 Å². The minimum absolute atomic E-state index is 0.197. The Balaban J connectivity index is 1.72. The van der Waals surface area contributed by atoms with Gasteiger partial charge in [-0.3, -0.25) is 4.99 Å². The molecule has 0 radical (unpaired) electrons. The Labute approximate surface area is 177 Å².